The maximum Gasteiger partial charge on any atom is 0.0447 e. The second kappa shape index (κ2) is 6.41. The zero-order valence-corrected chi connectivity index (χ0v) is 17.3. The predicted molar refractivity (Wildman–Crippen MR) is 124 cm³/mol. The molecule has 4 aromatic rings. The third-order valence-corrected chi connectivity index (χ3v) is 6.36. The van der Waals surface area contributed by atoms with Crippen molar-refractivity contribution in [1.29, 1.82) is 0 Å². The summed E-state index contributed by atoms with van der Waals surface area (Å²) in [7, 11) is 8.62. The fourth-order valence-corrected chi connectivity index (χ4v) is 4.93. The molecule has 0 saturated carbocycles. The van der Waals surface area contributed by atoms with Gasteiger partial charge in [0, 0.05) is 50.3 Å². The molecule has 2 nitrogen and oxygen atoms in total. The van der Waals surface area contributed by atoms with Crippen LogP contribution < -0.4 is 9.80 Å². The first-order valence-electron chi connectivity index (χ1n) is 10.3. The van der Waals surface area contributed by atoms with Crippen LogP contribution in [0.1, 0.15) is 24.0 Å². The fraction of sp³-hybridized carbons (Fsp3) is 0.308. The Morgan fingerprint density at radius 1 is 0.536 bits per heavy atom. The van der Waals surface area contributed by atoms with E-state index < -0.39 is 0 Å². The van der Waals surface area contributed by atoms with Gasteiger partial charge in [-0.05, 0) is 76.6 Å². The van der Waals surface area contributed by atoms with Crippen molar-refractivity contribution in [2.45, 2.75) is 25.7 Å². The number of fused-ring (bicyclic) bond motifs is 6. The van der Waals surface area contributed by atoms with Crippen molar-refractivity contribution >= 4 is 43.7 Å². The van der Waals surface area contributed by atoms with Gasteiger partial charge in [-0.25, -0.2) is 0 Å². The summed E-state index contributed by atoms with van der Waals surface area (Å²) < 4.78 is 0. The molecule has 0 spiro atoms. The minimum atomic E-state index is 1.22. The Balaban J connectivity index is 2.00. The van der Waals surface area contributed by atoms with Gasteiger partial charge >= 0.3 is 0 Å². The second-order valence-electron chi connectivity index (χ2n) is 8.59. The molecule has 0 atom stereocenters. The molecule has 0 aliphatic heterocycles. The van der Waals surface area contributed by atoms with Gasteiger partial charge in [-0.1, -0.05) is 30.3 Å². The minimum absolute atomic E-state index is 1.22. The third-order valence-electron chi connectivity index (χ3n) is 6.36. The molecule has 142 valence electrons. The summed E-state index contributed by atoms with van der Waals surface area (Å²) in [4.78, 5) is 4.51. The summed E-state index contributed by atoms with van der Waals surface area (Å²) in [6.07, 6.45) is 5.07. The van der Waals surface area contributed by atoms with E-state index in [1.54, 1.807) is 11.1 Å². The van der Waals surface area contributed by atoms with Crippen molar-refractivity contribution in [2.24, 2.45) is 0 Å². The van der Waals surface area contributed by atoms with E-state index in [-0.39, 0.29) is 0 Å². The monoisotopic (exact) mass is 368 g/mol. The maximum absolute atomic E-state index is 2.49. The van der Waals surface area contributed by atoms with Gasteiger partial charge in [-0.15, -0.1) is 0 Å². The van der Waals surface area contributed by atoms with Crippen LogP contribution in [0.4, 0.5) is 11.4 Å². The Kier molecular flexibility index (Phi) is 3.97. The van der Waals surface area contributed by atoms with Gasteiger partial charge in [0.25, 0.3) is 0 Å². The van der Waals surface area contributed by atoms with Gasteiger partial charge < -0.3 is 9.80 Å². The SMILES string of the molecule is CN(C)c1cc2c3cc4c(cc3c(N(C)C)cc2c2ccccc12)CCCC4. The molecular formula is C26H28N2. The Morgan fingerprint density at radius 3 is 1.61 bits per heavy atom. The van der Waals surface area contributed by atoms with E-state index in [1.165, 1.54) is 69.4 Å². The highest BCUT2D eigenvalue weighted by Gasteiger charge is 2.17. The zero-order valence-electron chi connectivity index (χ0n) is 17.3. The lowest BCUT2D eigenvalue weighted by Crippen LogP contribution is -2.11. The van der Waals surface area contributed by atoms with E-state index in [1.807, 2.05) is 0 Å². The summed E-state index contributed by atoms with van der Waals surface area (Å²) >= 11 is 0. The molecule has 1 aliphatic carbocycles. The standard InChI is InChI=1S/C26H28N2/c1-27(2)25-16-23-21-13-17-9-5-6-10-18(17)14-24(21)26(28(3)4)15-22(23)19-11-7-8-12-20(19)25/h7-8,11-16H,5-6,9-10H2,1-4H3. The lowest BCUT2D eigenvalue weighted by Gasteiger charge is -2.24. The number of rotatable bonds is 2. The largest absolute Gasteiger partial charge is 0.377 e. The van der Waals surface area contributed by atoms with Gasteiger partial charge in [-0.3, -0.25) is 0 Å². The van der Waals surface area contributed by atoms with E-state index >= 15 is 0 Å². The van der Waals surface area contributed by atoms with E-state index in [0.717, 1.165) is 0 Å². The highest BCUT2D eigenvalue weighted by molar-refractivity contribution is 6.23. The molecule has 28 heavy (non-hydrogen) atoms. The van der Waals surface area contributed by atoms with Crippen LogP contribution in [-0.4, -0.2) is 28.2 Å². The number of nitrogens with zero attached hydrogens (tertiary/aromatic N) is 2. The Hall–Kier alpha value is -2.74. The van der Waals surface area contributed by atoms with Crippen LogP contribution in [0.2, 0.25) is 0 Å². The normalized spacial score (nSPS) is 13.9. The molecule has 0 radical (unpaired) electrons. The van der Waals surface area contributed by atoms with E-state index in [4.69, 9.17) is 0 Å². The van der Waals surface area contributed by atoms with Crippen LogP contribution in [0, 0.1) is 0 Å². The lowest BCUT2D eigenvalue weighted by molar-refractivity contribution is 0.687. The summed E-state index contributed by atoms with van der Waals surface area (Å²) in [6, 6.07) is 18.6. The van der Waals surface area contributed by atoms with Crippen molar-refractivity contribution in [3.63, 3.8) is 0 Å². The minimum Gasteiger partial charge on any atom is -0.377 e. The summed E-state index contributed by atoms with van der Waals surface area (Å²) in [5.74, 6) is 0. The van der Waals surface area contributed by atoms with Crippen LogP contribution in [0.25, 0.3) is 32.3 Å². The predicted octanol–water partition coefficient (Wildman–Crippen LogP) is 6.16. The quantitative estimate of drug-likeness (QED) is 0.391. The summed E-state index contributed by atoms with van der Waals surface area (Å²) in [6.45, 7) is 0. The molecule has 0 amide bonds. The lowest BCUT2D eigenvalue weighted by atomic mass is 9.86. The van der Waals surface area contributed by atoms with Gasteiger partial charge in [0.05, 0.1) is 0 Å². The van der Waals surface area contributed by atoms with Crippen LogP contribution in [0.5, 0.6) is 0 Å². The van der Waals surface area contributed by atoms with Crippen LogP contribution >= 0.6 is 0 Å². The van der Waals surface area contributed by atoms with Gasteiger partial charge in [0.1, 0.15) is 0 Å². The third kappa shape index (κ3) is 2.55. The maximum atomic E-state index is 2.49. The molecule has 2 heteroatoms. The van der Waals surface area contributed by atoms with Crippen LogP contribution in [-0.2, 0) is 12.8 Å². The summed E-state index contributed by atoms with van der Waals surface area (Å²) in [5.41, 5.74) is 5.71. The van der Waals surface area contributed by atoms with Gasteiger partial charge in [0.15, 0.2) is 0 Å². The average molecular weight is 369 g/mol. The van der Waals surface area contributed by atoms with Crippen molar-refractivity contribution < 1.29 is 0 Å². The van der Waals surface area contributed by atoms with Crippen molar-refractivity contribution in [3.05, 3.63) is 59.7 Å². The Labute approximate surface area is 167 Å². The van der Waals surface area contributed by atoms with E-state index in [0.29, 0.717) is 0 Å². The molecule has 0 fully saturated rings. The molecular weight excluding hydrogens is 340 g/mol. The molecule has 0 bridgehead atoms. The number of hydrogen-bond donors (Lipinski definition) is 0. The number of benzene rings is 4. The van der Waals surface area contributed by atoms with E-state index in [9.17, 15) is 0 Å². The van der Waals surface area contributed by atoms with Crippen LogP contribution in [0.15, 0.2) is 48.5 Å². The van der Waals surface area contributed by atoms with Crippen molar-refractivity contribution in [1.82, 2.24) is 0 Å². The molecule has 0 aromatic heterocycles. The second-order valence-corrected chi connectivity index (χ2v) is 8.59. The molecule has 0 N–H and O–H groups in total. The van der Waals surface area contributed by atoms with Gasteiger partial charge in [-0.2, -0.15) is 0 Å². The topological polar surface area (TPSA) is 6.48 Å². The number of aryl methyl sites for hydroxylation is 2. The summed E-state index contributed by atoms with van der Waals surface area (Å²) in [5, 5.41) is 8.17. The molecule has 1 aliphatic rings. The van der Waals surface area contributed by atoms with Crippen molar-refractivity contribution in [3.8, 4) is 0 Å². The van der Waals surface area contributed by atoms with Gasteiger partial charge in [0.2, 0.25) is 0 Å². The number of anilines is 2. The first kappa shape index (κ1) is 17.4. The highest BCUT2D eigenvalue weighted by Crippen LogP contribution is 2.42. The van der Waals surface area contributed by atoms with E-state index in [2.05, 4.69) is 86.5 Å². The molecule has 0 unspecified atom stereocenters. The smallest absolute Gasteiger partial charge is 0.0447 e. The molecule has 5 rings (SSSR count). The average Bonchev–Trinajstić information content (AvgIpc) is 2.70. The highest BCUT2D eigenvalue weighted by atomic mass is 15.1. The first-order valence-corrected chi connectivity index (χ1v) is 10.3. The van der Waals surface area contributed by atoms with Crippen molar-refractivity contribution in [2.75, 3.05) is 38.0 Å². The molecule has 4 aromatic carbocycles. The first-order chi connectivity index (χ1) is 13.5. The molecule has 0 heterocycles. The fourth-order valence-electron chi connectivity index (χ4n) is 4.93. The number of hydrogen-bond acceptors (Lipinski definition) is 2. The molecule has 0 saturated heterocycles. The Morgan fingerprint density at radius 2 is 1.00 bits per heavy atom. The van der Waals surface area contributed by atoms with Crippen LogP contribution in [0.3, 0.4) is 0 Å². The zero-order chi connectivity index (χ0) is 19.4. The Bertz CT molecular complexity index is 1220.